The number of methoxy groups -OCH3 is 1. The topological polar surface area (TPSA) is 133 Å². The molecule has 1 saturated heterocycles. The summed E-state index contributed by atoms with van der Waals surface area (Å²) >= 11 is 0. The molecule has 1 aliphatic rings. The van der Waals surface area contributed by atoms with Crippen molar-refractivity contribution in [3.63, 3.8) is 0 Å². The molecule has 3 aromatic carbocycles. The molecular formula is C39H42FN5O6S. The predicted octanol–water partition coefficient (Wildman–Crippen LogP) is 7.87. The summed E-state index contributed by atoms with van der Waals surface area (Å²) in [5.74, 6) is 0.209. The minimum atomic E-state index is -3.78. The summed E-state index contributed by atoms with van der Waals surface area (Å²) in [4.78, 5) is 28.1. The summed E-state index contributed by atoms with van der Waals surface area (Å²) in [5, 5.41) is 4.34. The number of aromatic nitrogens is 3. The minimum absolute atomic E-state index is 0.0611. The summed E-state index contributed by atoms with van der Waals surface area (Å²) in [6.07, 6.45) is 4.53. The van der Waals surface area contributed by atoms with E-state index in [4.69, 9.17) is 19.2 Å². The minimum Gasteiger partial charge on any atom is -0.497 e. The maximum absolute atomic E-state index is 15.4. The molecule has 0 unspecified atom stereocenters. The molecule has 0 bridgehead atoms. The number of carbonyl (C=O) groups excluding carboxylic acids is 1. The van der Waals surface area contributed by atoms with Gasteiger partial charge in [0.2, 0.25) is 11.8 Å². The number of halogens is 1. The van der Waals surface area contributed by atoms with Crippen molar-refractivity contribution >= 4 is 32.7 Å². The van der Waals surface area contributed by atoms with Gasteiger partial charge in [0.05, 0.1) is 29.9 Å². The van der Waals surface area contributed by atoms with Gasteiger partial charge in [-0.05, 0) is 99.5 Å². The number of carbonyl (C=O) groups is 1. The van der Waals surface area contributed by atoms with Crippen molar-refractivity contribution in [1.82, 2.24) is 19.9 Å². The molecule has 5 aromatic rings. The van der Waals surface area contributed by atoms with Crippen LogP contribution in [0.2, 0.25) is 0 Å². The predicted molar refractivity (Wildman–Crippen MR) is 198 cm³/mol. The number of ether oxygens (including phenoxy) is 3. The van der Waals surface area contributed by atoms with E-state index in [1.807, 2.05) is 33.8 Å². The van der Waals surface area contributed by atoms with Gasteiger partial charge >= 0.3 is 6.09 Å². The Labute approximate surface area is 303 Å². The van der Waals surface area contributed by atoms with Crippen LogP contribution in [0.5, 0.6) is 17.4 Å². The lowest BCUT2D eigenvalue weighted by molar-refractivity contribution is 0.0206. The molecule has 1 fully saturated rings. The molecule has 52 heavy (non-hydrogen) atoms. The maximum atomic E-state index is 15.4. The number of hydrogen-bond acceptors (Lipinski definition) is 10. The lowest BCUT2D eigenvalue weighted by atomic mass is 10.0. The van der Waals surface area contributed by atoms with Crippen molar-refractivity contribution in [2.75, 3.05) is 25.5 Å². The van der Waals surface area contributed by atoms with Crippen LogP contribution in [0.15, 0.2) is 79.1 Å². The molecule has 3 heterocycles. The van der Waals surface area contributed by atoms with E-state index in [0.29, 0.717) is 58.1 Å². The Balaban J connectivity index is 1.25. The second-order valence-corrected chi connectivity index (χ2v) is 15.9. The molecule has 0 radical (unpaired) electrons. The molecule has 272 valence electrons. The van der Waals surface area contributed by atoms with Gasteiger partial charge in [-0.1, -0.05) is 24.3 Å². The quantitative estimate of drug-likeness (QED) is 0.152. The van der Waals surface area contributed by atoms with Crippen LogP contribution in [0.1, 0.15) is 50.3 Å². The van der Waals surface area contributed by atoms with Crippen molar-refractivity contribution < 1.29 is 31.8 Å². The zero-order chi connectivity index (χ0) is 37.0. The first-order chi connectivity index (χ1) is 24.8. The van der Waals surface area contributed by atoms with Gasteiger partial charge in [0.15, 0.2) is 9.84 Å². The van der Waals surface area contributed by atoms with Crippen molar-refractivity contribution in [2.45, 2.75) is 63.7 Å². The van der Waals surface area contributed by atoms with Crippen LogP contribution in [-0.2, 0) is 26.1 Å². The normalized spacial score (nSPS) is 15.0. The molecule has 0 spiro atoms. The van der Waals surface area contributed by atoms with Crippen LogP contribution in [-0.4, -0.2) is 66.2 Å². The third-order valence-electron chi connectivity index (χ3n) is 8.60. The molecule has 0 aliphatic carbocycles. The largest absolute Gasteiger partial charge is 0.497 e. The van der Waals surface area contributed by atoms with Crippen LogP contribution in [0.25, 0.3) is 22.0 Å². The molecule has 6 rings (SSSR count). The van der Waals surface area contributed by atoms with Gasteiger partial charge in [0, 0.05) is 42.5 Å². The smallest absolute Gasteiger partial charge is 0.410 e. The molecule has 2 aromatic heterocycles. The van der Waals surface area contributed by atoms with Crippen LogP contribution >= 0.6 is 0 Å². The first-order valence-corrected chi connectivity index (χ1v) is 18.9. The third kappa shape index (κ3) is 8.76. The number of hydrogen-bond donors (Lipinski definition) is 1. The highest BCUT2D eigenvalue weighted by atomic mass is 32.2. The molecular weight excluding hydrogens is 686 g/mol. The SMILES string of the molecule is COc1cccc(CS(=O)(=O)Cc2c(F)ccc3c(Oc4ncccc4-c4ccnc(N[C@H]5CCCN(C(=O)OC(C)(C)C)C5)n4)c(C)ccc23)c1. The number of likely N-dealkylation sites (tertiary alicyclic amines) is 1. The number of sulfone groups is 1. The number of amides is 1. The average molecular weight is 728 g/mol. The highest BCUT2D eigenvalue weighted by Gasteiger charge is 2.28. The zero-order valence-corrected chi connectivity index (χ0v) is 30.7. The number of benzene rings is 3. The summed E-state index contributed by atoms with van der Waals surface area (Å²) in [6, 6.07) is 18.4. The first kappa shape index (κ1) is 36.5. The van der Waals surface area contributed by atoms with Gasteiger partial charge < -0.3 is 24.4 Å². The molecule has 11 nitrogen and oxygen atoms in total. The second-order valence-electron chi connectivity index (χ2n) is 13.8. The summed E-state index contributed by atoms with van der Waals surface area (Å²) < 4.78 is 59.4. The molecule has 1 aliphatic heterocycles. The molecule has 1 N–H and O–H groups in total. The monoisotopic (exact) mass is 727 g/mol. The lowest BCUT2D eigenvalue weighted by Gasteiger charge is -2.34. The number of rotatable bonds is 10. The third-order valence-corrected chi connectivity index (χ3v) is 10.1. The van der Waals surface area contributed by atoms with Gasteiger partial charge in [0.1, 0.15) is 22.9 Å². The molecule has 0 saturated carbocycles. The van der Waals surface area contributed by atoms with Crippen LogP contribution in [0, 0.1) is 12.7 Å². The lowest BCUT2D eigenvalue weighted by Crippen LogP contribution is -2.47. The van der Waals surface area contributed by atoms with Crippen molar-refractivity contribution in [3.05, 3.63) is 102 Å². The Morgan fingerprint density at radius 1 is 1.00 bits per heavy atom. The van der Waals surface area contributed by atoms with Gasteiger partial charge in [-0.2, -0.15) is 0 Å². The highest BCUT2D eigenvalue weighted by molar-refractivity contribution is 7.89. The molecule has 13 heteroatoms. The van der Waals surface area contributed by atoms with E-state index in [2.05, 4.69) is 15.3 Å². The zero-order valence-electron chi connectivity index (χ0n) is 29.9. The number of anilines is 1. The number of nitrogens with one attached hydrogen (secondary N) is 1. The number of fused-ring (bicyclic) bond motifs is 1. The Bertz CT molecular complexity index is 2210. The van der Waals surface area contributed by atoms with E-state index in [1.165, 1.54) is 13.2 Å². The number of piperidine rings is 1. The first-order valence-electron chi connectivity index (χ1n) is 17.0. The Kier molecular flexibility index (Phi) is 10.6. The van der Waals surface area contributed by atoms with Gasteiger partial charge in [0.25, 0.3) is 0 Å². The summed E-state index contributed by atoms with van der Waals surface area (Å²) in [7, 11) is -2.26. The Morgan fingerprint density at radius 3 is 2.60 bits per heavy atom. The molecule has 1 atom stereocenters. The van der Waals surface area contributed by atoms with Crippen molar-refractivity contribution in [2.24, 2.45) is 0 Å². The Morgan fingerprint density at radius 2 is 1.81 bits per heavy atom. The fraction of sp³-hybridized carbons (Fsp3) is 0.333. The highest BCUT2D eigenvalue weighted by Crippen LogP contribution is 2.38. The van der Waals surface area contributed by atoms with Gasteiger partial charge in [-0.25, -0.2) is 32.6 Å². The Hall–Kier alpha value is -5.30. The number of aryl methyl sites for hydroxylation is 1. The van der Waals surface area contributed by atoms with Crippen LogP contribution in [0.3, 0.4) is 0 Å². The maximum Gasteiger partial charge on any atom is 0.410 e. The van der Waals surface area contributed by atoms with E-state index < -0.39 is 27.0 Å². The van der Waals surface area contributed by atoms with E-state index in [9.17, 15) is 13.2 Å². The van der Waals surface area contributed by atoms with E-state index >= 15 is 4.39 Å². The van der Waals surface area contributed by atoms with E-state index in [0.717, 1.165) is 18.4 Å². The van der Waals surface area contributed by atoms with Crippen molar-refractivity contribution in [1.29, 1.82) is 0 Å². The summed E-state index contributed by atoms with van der Waals surface area (Å²) in [6.45, 7) is 8.46. The number of nitrogens with zero attached hydrogens (tertiary/aromatic N) is 4. The average Bonchev–Trinajstić information content (AvgIpc) is 3.10. The van der Waals surface area contributed by atoms with Crippen molar-refractivity contribution in [3.8, 4) is 28.6 Å². The van der Waals surface area contributed by atoms with Crippen LogP contribution in [0.4, 0.5) is 15.1 Å². The van der Waals surface area contributed by atoms with E-state index in [-0.39, 0.29) is 29.3 Å². The summed E-state index contributed by atoms with van der Waals surface area (Å²) in [5.41, 5.74) is 1.91. The van der Waals surface area contributed by atoms with E-state index in [1.54, 1.807) is 71.9 Å². The number of pyridine rings is 1. The standard InChI is InChI=1S/C39H42FN5O6S/c1-25-13-14-29-30(15-16-33(40)32(29)24-52(47,48)23-26-9-6-11-28(21-26)49-5)35(25)50-36-31(12-7-18-41-36)34-17-19-42-37(44-34)43-27-10-8-20-45(22-27)38(46)51-39(2,3)4/h6-7,9,11-19,21,27H,8,10,20,22-24H2,1-5H3,(H,42,43,44)/t27-/m0/s1. The van der Waals surface area contributed by atoms with Gasteiger partial charge in [-0.3, -0.25) is 0 Å². The van der Waals surface area contributed by atoms with Gasteiger partial charge in [-0.15, -0.1) is 0 Å². The molecule has 1 amide bonds. The van der Waals surface area contributed by atoms with Crippen LogP contribution < -0.4 is 14.8 Å². The fourth-order valence-corrected chi connectivity index (χ4v) is 7.73. The second kappa shape index (κ2) is 15.1. The fourth-order valence-electron chi connectivity index (χ4n) is 6.20.